The van der Waals surface area contributed by atoms with Gasteiger partial charge in [-0.1, -0.05) is 36.4 Å². The third-order valence-electron chi connectivity index (χ3n) is 4.93. The molecule has 154 valence electrons. The molecule has 0 fully saturated rings. The van der Waals surface area contributed by atoms with Crippen molar-refractivity contribution in [1.29, 1.82) is 0 Å². The Kier molecular flexibility index (Phi) is 6.86. The van der Waals surface area contributed by atoms with Crippen molar-refractivity contribution in [3.05, 3.63) is 95.1 Å². The van der Waals surface area contributed by atoms with Crippen LogP contribution in [0.1, 0.15) is 40.0 Å². The lowest BCUT2D eigenvalue weighted by atomic mass is 10.1. The van der Waals surface area contributed by atoms with Crippen molar-refractivity contribution in [2.75, 3.05) is 11.9 Å². The maximum atomic E-state index is 12.5. The van der Waals surface area contributed by atoms with Crippen molar-refractivity contribution in [3.63, 3.8) is 0 Å². The molecule has 3 rings (SSSR count). The van der Waals surface area contributed by atoms with Gasteiger partial charge in [-0.2, -0.15) is 0 Å². The first-order chi connectivity index (χ1) is 14.4. The van der Waals surface area contributed by atoms with E-state index in [2.05, 4.69) is 10.6 Å². The van der Waals surface area contributed by atoms with E-state index in [1.54, 1.807) is 24.3 Å². The third kappa shape index (κ3) is 5.70. The van der Waals surface area contributed by atoms with Gasteiger partial charge in [-0.15, -0.1) is 0 Å². The lowest BCUT2D eigenvalue weighted by molar-refractivity contribution is -0.118. The highest BCUT2D eigenvalue weighted by molar-refractivity contribution is 5.96. The van der Waals surface area contributed by atoms with Crippen LogP contribution in [-0.4, -0.2) is 18.4 Å². The number of amides is 2. The average Bonchev–Trinajstić information content (AvgIpc) is 2.75. The summed E-state index contributed by atoms with van der Waals surface area (Å²) in [5, 5.41) is 5.75. The number of nitrogens with one attached hydrogen (secondary N) is 2. The Labute approximate surface area is 177 Å². The first kappa shape index (κ1) is 21.1. The number of carbonyl (C=O) groups excluding carboxylic acids is 2. The number of rotatable bonds is 7. The van der Waals surface area contributed by atoms with Crippen molar-refractivity contribution < 1.29 is 14.3 Å². The quantitative estimate of drug-likeness (QED) is 0.596. The van der Waals surface area contributed by atoms with Crippen molar-refractivity contribution in [3.8, 4) is 5.75 Å². The van der Waals surface area contributed by atoms with Crippen molar-refractivity contribution in [2.45, 2.75) is 26.8 Å². The zero-order valence-corrected chi connectivity index (χ0v) is 17.4. The number of anilines is 1. The summed E-state index contributed by atoms with van der Waals surface area (Å²) in [5.41, 5.74) is 4.47. The summed E-state index contributed by atoms with van der Waals surface area (Å²) in [5.74, 6) is 0.234. The molecule has 2 amide bonds. The van der Waals surface area contributed by atoms with Gasteiger partial charge in [0.25, 0.3) is 11.8 Å². The van der Waals surface area contributed by atoms with Gasteiger partial charge in [-0.25, -0.2) is 0 Å². The van der Waals surface area contributed by atoms with E-state index >= 15 is 0 Å². The molecule has 3 aromatic carbocycles. The SMILES string of the molecule is Cc1ccc(OCC(=O)Nc2ccc(C(=O)NC(C)c3ccccc3)cc2)cc1C. The van der Waals surface area contributed by atoms with E-state index < -0.39 is 0 Å². The summed E-state index contributed by atoms with van der Waals surface area (Å²) >= 11 is 0. The van der Waals surface area contributed by atoms with E-state index in [1.165, 1.54) is 5.56 Å². The Morgan fingerprint density at radius 1 is 0.900 bits per heavy atom. The van der Waals surface area contributed by atoms with Gasteiger partial charge in [0, 0.05) is 11.3 Å². The second kappa shape index (κ2) is 9.74. The van der Waals surface area contributed by atoms with E-state index in [0.717, 1.165) is 11.1 Å². The Balaban J connectivity index is 1.51. The fraction of sp³-hybridized carbons (Fsp3) is 0.200. The highest BCUT2D eigenvalue weighted by atomic mass is 16.5. The van der Waals surface area contributed by atoms with Crippen LogP contribution in [-0.2, 0) is 4.79 Å². The largest absolute Gasteiger partial charge is 0.484 e. The van der Waals surface area contributed by atoms with Crippen LogP contribution in [0, 0.1) is 13.8 Å². The van der Waals surface area contributed by atoms with Gasteiger partial charge in [-0.05, 0) is 73.9 Å². The highest BCUT2D eigenvalue weighted by Crippen LogP contribution is 2.17. The van der Waals surface area contributed by atoms with Gasteiger partial charge in [0.2, 0.25) is 0 Å². The first-order valence-electron chi connectivity index (χ1n) is 9.88. The summed E-state index contributed by atoms with van der Waals surface area (Å²) in [6.45, 7) is 5.88. The Bertz CT molecular complexity index is 1010. The molecule has 0 aromatic heterocycles. The molecule has 0 aliphatic heterocycles. The molecule has 5 heteroatoms. The van der Waals surface area contributed by atoms with Gasteiger partial charge >= 0.3 is 0 Å². The van der Waals surface area contributed by atoms with Crippen LogP contribution in [0.5, 0.6) is 5.75 Å². The molecule has 0 aliphatic carbocycles. The molecule has 0 saturated carbocycles. The minimum Gasteiger partial charge on any atom is -0.484 e. The molecule has 0 spiro atoms. The van der Waals surface area contributed by atoms with Crippen LogP contribution in [0.15, 0.2) is 72.8 Å². The first-order valence-corrected chi connectivity index (χ1v) is 9.88. The number of benzene rings is 3. The normalized spacial score (nSPS) is 11.4. The van der Waals surface area contributed by atoms with Crippen molar-refractivity contribution in [1.82, 2.24) is 5.32 Å². The minimum atomic E-state index is -0.261. The van der Waals surface area contributed by atoms with Gasteiger partial charge in [0.15, 0.2) is 6.61 Å². The highest BCUT2D eigenvalue weighted by Gasteiger charge is 2.12. The molecule has 0 aliphatic rings. The van der Waals surface area contributed by atoms with Crippen LogP contribution in [0.25, 0.3) is 0 Å². The standard InChI is InChI=1S/C25H26N2O3/c1-17-9-14-23(15-18(17)2)30-16-24(28)27-22-12-10-21(11-13-22)25(29)26-19(3)20-7-5-4-6-8-20/h4-15,19H,16H2,1-3H3,(H,26,29)(H,27,28). The molecule has 2 N–H and O–H groups in total. The molecule has 5 nitrogen and oxygen atoms in total. The molecule has 30 heavy (non-hydrogen) atoms. The van der Waals surface area contributed by atoms with Crippen LogP contribution < -0.4 is 15.4 Å². The number of carbonyl (C=O) groups is 2. The summed E-state index contributed by atoms with van der Waals surface area (Å²) in [4.78, 5) is 24.6. The van der Waals surface area contributed by atoms with Crippen LogP contribution >= 0.6 is 0 Å². The minimum absolute atomic E-state index is 0.0840. The molecule has 0 heterocycles. The predicted molar refractivity (Wildman–Crippen MR) is 119 cm³/mol. The second-order valence-electron chi connectivity index (χ2n) is 7.27. The number of hydrogen-bond donors (Lipinski definition) is 2. The fourth-order valence-electron chi connectivity index (χ4n) is 2.96. The molecule has 1 unspecified atom stereocenters. The maximum Gasteiger partial charge on any atom is 0.262 e. The zero-order chi connectivity index (χ0) is 21.5. The van der Waals surface area contributed by atoms with Crippen molar-refractivity contribution in [2.24, 2.45) is 0 Å². The molecule has 3 aromatic rings. The molecule has 0 saturated heterocycles. The molecular formula is C25H26N2O3. The smallest absolute Gasteiger partial charge is 0.262 e. The van der Waals surface area contributed by atoms with E-state index in [9.17, 15) is 9.59 Å². The third-order valence-corrected chi connectivity index (χ3v) is 4.93. The van der Waals surface area contributed by atoms with E-state index in [0.29, 0.717) is 17.0 Å². The van der Waals surface area contributed by atoms with Gasteiger partial charge < -0.3 is 15.4 Å². The lowest BCUT2D eigenvalue weighted by Gasteiger charge is -2.14. The van der Waals surface area contributed by atoms with E-state index in [4.69, 9.17) is 4.74 Å². The van der Waals surface area contributed by atoms with E-state index in [1.807, 2.05) is 69.3 Å². The number of hydrogen-bond acceptors (Lipinski definition) is 3. The summed E-state index contributed by atoms with van der Waals surface area (Å²) in [6.07, 6.45) is 0. The second-order valence-corrected chi connectivity index (χ2v) is 7.27. The topological polar surface area (TPSA) is 67.4 Å². The van der Waals surface area contributed by atoms with Gasteiger partial charge in [-0.3, -0.25) is 9.59 Å². The number of ether oxygens (including phenoxy) is 1. The summed E-state index contributed by atoms with van der Waals surface area (Å²) < 4.78 is 5.55. The van der Waals surface area contributed by atoms with Crippen LogP contribution in [0.2, 0.25) is 0 Å². The van der Waals surface area contributed by atoms with Gasteiger partial charge in [0.1, 0.15) is 5.75 Å². The number of aryl methyl sites for hydroxylation is 2. The Morgan fingerprint density at radius 3 is 2.27 bits per heavy atom. The molecule has 1 atom stereocenters. The average molecular weight is 402 g/mol. The van der Waals surface area contributed by atoms with Gasteiger partial charge in [0.05, 0.1) is 6.04 Å². The predicted octanol–water partition coefficient (Wildman–Crippen LogP) is 4.81. The zero-order valence-electron chi connectivity index (χ0n) is 17.4. The lowest BCUT2D eigenvalue weighted by Crippen LogP contribution is -2.26. The van der Waals surface area contributed by atoms with Crippen LogP contribution in [0.3, 0.4) is 0 Å². The maximum absolute atomic E-state index is 12.5. The monoisotopic (exact) mass is 402 g/mol. The molecule has 0 radical (unpaired) electrons. The Morgan fingerprint density at radius 2 is 1.60 bits per heavy atom. The Hall–Kier alpha value is -3.60. The summed E-state index contributed by atoms with van der Waals surface area (Å²) in [6, 6.07) is 22.2. The van der Waals surface area contributed by atoms with Crippen molar-refractivity contribution >= 4 is 17.5 Å². The fourth-order valence-corrected chi connectivity index (χ4v) is 2.96. The molecular weight excluding hydrogens is 376 g/mol. The van der Waals surface area contributed by atoms with E-state index in [-0.39, 0.29) is 24.5 Å². The summed E-state index contributed by atoms with van der Waals surface area (Å²) in [7, 11) is 0. The van der Waals surface area contributed by atoms with Crippen LogP contribution in [0.4, 0.5) is 5.69 Å². The molecule has 0 bridgehead atoms.